The minimum absolute atomic E-state index is 0.0591. The van der Waals surface area contributed by atoms with E-state index in [1.807, 2.05) is 39.0 Å². The highest BCUT2D eigenvalue weighted by Crippen LogP contribution is 2.29. The topological polar surface area (TPSA) is 67.7 Å². The minimum atomic E-state index is -0.635. The number of carbonyl (C=O) groups excluding carboxylic acids is 1. The van der Waals surface area contributed by atoms with Crippen molar-refractivity contribution in [3.63, 3.8) is 0 Å². The third-order valence-electron chi connectivity index (χ3n) is 3.30. The molecule has 2 heterocycles. The van der Waals surface area contributed by atoms with E-state index in [9.17, 15) is 4.79 Å². The summed E-state index contributed by atoms with van der Waals surface area (Å²) in [6, 6.07) is 7.27. The fourth-order valence-corrected chi connectivity index (χ4v) is 2.46. The molecular weight excluding hydrogens is 328 g/mol. The van der Waals surface area contributed by atoms with Gasteiger partial charge in [0.15, 0.2) is 0 Å². The number of benzene rings is 1. The summed E-state index contributed by atoms with van der Waals surface area (Å²) in [4.78, 5) is 26.4. The number of fused-ring (bicyclic) bond motifs is 1. The van der Waals surface area contributed by atoms with Gasteiger partial charge in [-0.15, -0.1) is 0 Å². The summed E-state index contributed by atoms with van der Waals surface area (Å²) < 4.78 is 5.52. The highest BCUT2D eigenvalue weighted by molar-refractivity contribution is 6.28. The third kappa shape index (κ3) is 3.54. The Morgan fingerprint density at radius 1 is 1.29 bits per heavy atom. The Hall–Kier alpha value is -2.47. The Morgan fingerprint density at radius 2 is 2.08 bits per heavy atom. The van der Waals surface area contributed by atoms with E-state index in [0.29, 0.717) is 18.1 Å². The molecule has 124 valence electrons. The summed E-state index contributed by atoms with van der Waals surface area (Å²) in [5.41, 5.74) is 2.08. The van der Waals surface area contributed by atoms with E-state index in [4.69, 9.17) is 16.3 Å². The Kier molecular flexibility index (Phi) is 4.24. The van der Waals surface area contributed by atoms with Crippen LogP contribution in [-0.2, 0) is 11.3 Å². The number of amides is 1. The molecule has 2 aromatic rings. The average Bonchev–Trinajstić information content (AvgIpc) is 2.93. The van der Waals surface area contributed by atoms with Gasteiger partial charge >= 0.3 is 6.09 Å². The van der Waals surface area contributed by atoms with Crippen molar-refractivity contribution in [3.05, 3.63) is 46.9 Å². The van der Waals surface area contributed by atoms with E-state index in [-0.39, 0.29) is 5.28 Å². The monoisotopic (exact) mass is 344 g/mol. The van der Waals surface area contributed by atoms with Gasteiger partial charge in [-0.05, 0) is 55.6 Å². The first kappa shape index (κ1) is 16.4. The molecule has 0 saturated heterocycles. The normalized spacial score (nSPS) is 12.8. The van der Waals surface area contributed by atoms with Gasteiger partial charge < -0.3 is 4.74 Å². The lowest BCUT2D eigenvalue weighted by molar-refractivity contribution is 0.0598. The first-order valence-corrected chi connectivity index (χ1v) is 7.86. The van der Waals surface area contributed by atoms with Crippen molar-refractivity contribution in [2.75, 3.05) is 4.90 Å². The fraction of sp³-hybridized carbons (Fsp3) is 0.294. The first-order chi connectivity index (χ1) is 11.3. The SMILES string of the molecule is CC(C)(C)OC(=O)N(c1ccc2c(c1)C=NC2)c1ccnc(Cl)n1. The third-order valence-corrected chi connectivity index (χ3v) is 3.48. The molecule has 0 N–H and O–H groups in total. The van der Waals surface area contributed by atoms with Gasteiger partial charge in [0, 0.05) is 18.5 Å². The van der Waals surface area contributed by atoms with Gasteiger partial charge in [0.1, 0.15) is 11.4 Å². The maximum absolute atomic E-state index is 12.7. The van der Waals surface area contributed by atoms with Crippen molar-refractivity contribution < 1.29 is 9.53 Å². The molecule has 0 bridgehead atoms. The number of aromatic nitrogens is 2. The van der Waals surface area contributed by atoms with Crippen LogP contribution in [0.15, 0.2) is 35.5 Å². The molecule has 1 aromatic carbocycles. The van der Waals surface area contributed by atoms with Crippen LogP contribution in [-0.4, -0.2) is 27.9 Å². The van der Waals surface area contributed by atoms with Crippen LogP contribution in [0.3, 0.4) is 0 Å². The molecule has 1 aliphatic heterocycles. The van der Waals surface area contributed by atoms with Crippen LogP contribution in [0.5, 0.6) is 0 Å². The Bertz CT molecular complexity index is 814. The second-order valence-electron chi connectivity index (χ2n) is 6.35. The molecule has 0 unspecified atom stereocenters. The Labute approximate surface area is 145 Å². The van der Waals surface area contributed by atoms with Gasteiger partial charge in [-0.25, -0.2) is 14.7 Å². The van der Waals surface area contributed by atoms with Crippen molar-refractivity contribution in [1.82, 2.24) is 9.97 Å². The quantitative estimate of drug-likeness (QED) is 0.768. The van der Waals surface area contributed by atoms with Crippen LogP contribution < -0.4 is 4.90 Å². The zero-order chi connectivity index (χ0) is 17.3. The van der Waals surface area contributed by atoms with Crippen LogP contribution >= 0.6 is 11.6 Å². The molecular formula is C17H17ClN4O2. The van der Waals surface area contributed by atoms with Gasteiger partial charge in [-0.1, -0.05) is 6.07 Å². The largest absolute Gasteiger partial charge is 0.443 e. The smallest absolute Gasteiger partial charge is 0.420 e. The van der Waals surface area contributed by atoms with Crippen molar-refractivity contribution in [2.45, 2.75) is 32.9 Å². The van der Waals surface area contributed by atoms with Crippen molar-refractivity contribution in [1.29, 1.82) is 0 Å². The lowest BCUT2D eigenvalue weighted by atomic mass is 10.1. The highest BCUT2D eigenvalue weighted by Gasteiger charge is 2.26. The Morgan fingerprint density at radius 3 is 2.79 bits per heavy atom. The zero-order valence-corrected chi connectivity index (χ0v) is 14.4. The predicted octanol–water partition coefficient (Wildman–Crippen LogP) is 4.14. The van der Waals surface area contributed by atoms with E-state index >= 15 is 0 Å². The number of hydrogen-bond acceptors (Lipinski definition) is 5. The number of rotatable bonds is 2. The maximum Gasteiger partial charge on any atom is 0.420 e. The van der Waals surface area contributed by atoms with Crippen LogP contribution in [0.4, 0.5) is 16.3 Å². The van der Waals surface area contributed by atoms with Crippen molar-refractivity contribution in [3.8, 4) is 0 Å². The van der Waals surface area contributed by atoms with Gasteiger partial charge in [0.2, 0.25) is 5.28 Å². The van der Waals surface area contributed by atoms with E-state index in [0.717, 1.165) is 11.1 Å². The lowest BCUT2D eigenvalue weighted by Gasteiger charge is -2.27. The molecule has 0 fully saturated rings. The van der Waals surface area contributed by atoms with Gasteiger partial charge in [-0.3, -0.25) is 4.99 Å². The first-order valence-electron chi connectivity index (χ1n) is 7.48. The van der Waals surface area contributed by atoms with Crippen LogP contribution in [0.1, 0.15) is 31.9 Å². The average molecular weight is 345 g/mol. The second kappa shape index (κ2) is 6.20. The van der Waals surface area contributed by atoms with E-state index in [1.165, 1.54) is 11.1 Å². The van der Waals surface area contributed by atoms with Crippen molar-refractivity contribution >= 4 is 35.4 Å². The molecule has 0 aliphatic carbocycles. The van der Waals surface area contributed by atoms with E-state index in [1.54, 1.807) is 12.3 Å². The molecule has 6 nitrogen and oxygen atoms in total. The molecule has 24 heavy (non-hydrogen) atoms. The molecule has 1 aromatic heterocycles. The standard InChI is InChI=1S/C17H17ClN4O2/c1-17(2,3)24-16(23)22(14-6-7-20-15(18)21-14)13-5-4-11-9-19-10-12(11)8-13/h4-8,10H,9H2,1-3H3. The summed E-state index contributed by atoms with van der Waals surface area (Å²) in [6.07, 6.45) is 2.75. The number of anilines is 2. The van der Waals surface area contributed by atoms with E-state index < -0.39 is 11.7 Å². The maximum atomic E-state index is 12.7. The summed E-state index contributed by atoms with van der Waals surface area (Å²) >= 11 is 5.89. The van der Waals surface area contributed by atoms with Gasteiger partial charge in [0.05, 0.1) is 12.2 Å². The summed E-state index contributed by atoms with van der Waals surface area (Å²) in [5, 5.41) is 0.0591. The second-order valence-corrected chi connectivity index (χ2v) is 6.69. The molecule has 0 saturated carbocycles. The molecule has 1 aliphatic rings. The lowest BCUT2D eigenvalue weighted by Crippen LogP contribution is -2.34. The van der Waals surface area contributed by atoms with Gasteiger partial charge in [-0.2, -0.15) is 4.98 Å². The van der Waals surface area contributed by atoms with Gasteiger partial charge in [0.25, 0.3) is 0 Å². The molecule has 7 heteroatoms. The number of nitrogens with zero attached hydrogens (tertiary/aromatic N) is 4. The summed E-state index contributed by atoms with van der Waals surface area (Å²) in [6.45, 7) is 6.09. The number of hydrogen-bond donors (Lipinski definition) is 0. The number of carbonyl (C=O) groups is 1. The minimum Gasteiger partial charge on any atom is -0.443 e. The molecule has 1 amide bonds. The Balaban J connectivity index is 2.04. The number of aliphatic imine (C=N–C) groups is 1. The zero-order valence-electron chi connectivity index (χ0n) is 13.7. The van der Waals surface area contributed by atoms with Crippen LogP contribution in [0.2, 0.25) is 5.28 Å². The van der Waals surface area contributed by atoms with E-state index in [2.05, 4.69) is 15.0 Å². The highest BCUT2D eigenvalue weighted by atomic mass is 35.5. The fourth-order valence-electron chi connectivity index (χ4n) is 2.32. The molecule has 3 rings (SSSR count). The summed E-state index contributed by atoms with van der Waals surface area (Å²) in [7, 11) is 0. The molecule has 0 spiro atoms. The summed E-state index contributed by atoms with van der Waals surface area (Å²) in [5.74, 6) is 0.346. The van der Waals surface area contributed by atoms with Crippen LogP contribution in [0.25, 0.3) is 0 Å². The van der Waals surface area contributed by atoms with Crippen molar-refractivity contribution in [2.24, 2.45) is 4.99 Å². The molecule has 0 atom stereocenters. The van der Waals surface area contributed by atoms with Crippen LogP contribution in [0, 0.1) is 0 Å². The predicted molar refractivity (Wildman–Crippen MR) is 93.2 cm³/mol. The number of halogens is 1. The molecule has 0 radical (unpaired) electrons. The number of ether oxygens (including phenoxy) is 1.